The Bertz CT molecular complexity index is 1520. The molecule has 4 N–H and O–H groups in total. The highest BCUT2D eigenvalue weighted by Gasteiger charge is 2.29. The summed E-state index contributed by atoms with van der Waals surface area (Å²) in [6.07, 6.45) is 4.07. The number of aromatic amines is 1. The Morgan fingerprint density at radius 1 is 1.02 bits per heavy atom. The summed E-state index contributed by atoms with van der Waals surface area (Å²) in [5, 5.41) is 8.41. The first kappa shape index (κ1) is 26.7. The van der Waals surface area contributed by atoms with Crippen LogP contribution in [0.2, 0.25) is 0 Å². The van der Waals surface area contributed by atoms with E-state index in [2.05, 4.69) is 20.9 Å². The molecule has 0 radical (unpaired) electrons. The fourth-order valence-electron chi connectivity index (χ4n) is 5.06. The van der Waals surface area contributed by atoms with E-state index in [1.165, 1.54) is 0 Å². The van der Waals surface area contributed by atoms with Gasteiger partial charge in [-0.2, -0.15) is 0 Å². The van der Waals surface area contributed by atoms with Gasteiger partial charge in [-0.15, -0.1) is 0 Å². The first-order valence-corrected chi connectivity index (χ1v) is 13.2. The van der Waals surface area contributed by atoms with Gasteiger partial charge in [-0.1, -0.05) is 0 Å². The lowest BCUT2D eigenvalue weighted by Gasteiger charge is -2.11. The molecule has 10 nitrogen and oxygen atoms in total. The molecule has 1 aromatic heterocycles. The van der Waals surface area contributed by atoms with E-state index < -0.39 is 6.03 Å². The molecule has 0 saturated carbocycles. The summed E-state index contributed by atoms with van der Waals surface area (Å²) in [5.74, 6) is 0.0704. The van der Waals surface area contributed by atoms with Gasteiger partial charge in [0.2, 0.25) is 0 Å². The van der Waals surface area contributed by atoms with Crippen LogP contribution in [-0.2, 0) is 27.2 Å². The number of urea groups is 1. The van der Waals surface area contributed by atoms with Crippen molar-refractivity contribution in [1.29, 1.82) is 0 Å². The van der Waals surface area contributed by atoms with Crippen molar-refractivity contribution < 1.29 is 28.7 Å². The molecule has 0 atom stereocenters. The highest BCUT2D eigenvalue weighted by molar-refractivity contribution is 6.35. The number of H-pyrrole nitrogens is 1. The third-order valence-electron chi connectivity index (χ3n) is 6.91. The van der Waals surface area contributed by atoms with Crippen molar-refractivity contribution in [1.82, 2.24) is 4.98 Å². The number of hydrogen-bond donors (Lipinski definition) is 4. The van der Waals surface area contributed by atoms with Crippen LogP contribution in [0.1, 0.15) is 59.1 Å². The minimum atomic E-state index is -0.440. The number of aromatic nitrogens is 1. The molecule has 3 amide bonds. The molecular weight excluding hydrogens is 512 g/mol. The lowest BCUT2D eigenvalue weighted by Crippen LogP contribution is -2.19. The molecule has 206 valence electrons. The Morgan fingerprint density at radius 3 is 2.52 bits per heavy atom. The fourth-order valence-corrected chi connectivity index (χ4v) is 5.06. The zero-order valence-corrected chi connectivity index (χ0v) is 22.3. The predicted molar refractivity (Wildman–Crippen MR) is 152 cm³/mol. The maximum absolute atomic E-state index is 13.0. The van der Waals surface area contributed by atoms with Gasteiger partial charge in [0, 0.05) is 52.4 Å². The van der Waals surface area contributed by atoms with Crippen LogP contribution < -0.4 is 20.7 Å². The number of fused-ring (bicyclic) bond motifs is 2. The van der Waals surface area contributed by atoms with Crippen molar-refractivity contribution in [3.05, 3.63) is 70.5 Å². The average molecular weight is 543 g/mol. The molecule has 2 aliphatic rings. The van der Waals surface area contributed by atoms with Crippen LogP contribution in [0.3, 0.4) is 0 Å². The number of anilines is 3. The summed E-state index contributed by atoms with van der Waals surface area (Å²) in [5.41, 5.74) is 5.48. The largest absolute Gasteiger partial charge is 0.497 e. The quantitative estimate of drug-likeness (QED) is 0.229. The number of nitrogens with one attached hydrogen (secondary N) is 4. The van der Waals surface area contributed by atoms with Crippen LogP contribution in [0.4, 0.5) is 21.9 Å². The lowest BCUT2D eigenvalue weighted by molar-refractivity contribution is -0.143. The fraction of sp³-hybridized carbons (Fsp3) is 0.267. The molecule has 0 spiro atoms. The molecule has 3 aromatic rings. The molecule has 2 aromatic carbocycles. The number of esters is 1. The number of carbonyl (C=O) groups is 4. The van der Waals surface area contributed by atoms with Crippen molar-refractivity contribution in [2.24, 2.45) is 0 Å². The van der Waals surface area contributed by atoms with Gasteiger partial charge >= 0.3 is 12.0 Å². The van der Waals surface area contributed by atoms with Crippen LogP contribution in [0.15, 0.2) is 42.5 Å². The van der Waals surface area contributed by atoms with Gasteiger partial charge in [0.1, 0.15) is 5.75 Å². The summed E-state index contributed by atoms with van der Waals surface area (Å²) < 4.78 is 10.2. The molecule has 0 bridgehead atoms. The van der Waals surface area contributed by atoms with Gasteiger partial charge in [0.05, 0.1) is 19.3 Å². The lowest BCUT2D eigenvalue weighted by atomic mass is 9.91. The summed E-state index contributed by atoms with van der Waals surface area (Å²) in [4.78, 5) is 53.8. The molecule has 0 fully saturated rings. The van der Waals surface area contributed by atoms with Gasteiger partial charge in [-0.3, -0.25) is 14.4 Å². The third-order valence-corrected chi connectivity index (χ3v) is 6.91. The Kier molecular flexibility index (Phi) is 7.68. The van der Waals surface area contributed by atoms with E-state index >= 15 is 0 Å². The smallest absolute Gasteiger partial charge is 0.323 e. The van der Waals surface area contributed by atoms with Crippen LogP contribution in [-0.4, -0.2) is 42.4 Å². The van der Waals surface area contributed by atoms with Crippen LogP contribution in [0.25, 0.3) is 11.6 Å². The van der Waals surface area contributed by atoms with Crippen LogP contribution in [0.5, 0.6) is 5.75 Å². The monoisotopic (exact) mass is 542 g/mol. The predicted octanol–water partition coefficient (Wildman–Crippen LogP) is 5.17. The number of ketones is 1. The summed E-state index contributed by atoms with van der Waals surface area (Å²) in [6, 6.07) is 11.6. The van der Waals surface area contributed by atoms with Gasteiger partial charge in [0.15, 0.2) is 5.78 Å². The van der Waals surface area contributed by atoms with Crippen molar-refractivity contribution in [3.8, 4) is 5.75 Å². The molecule has 0 unspecified atom stereocenters. The highest BCUT2D eigenvalue weighted by atomic mass is 16.5. The topological polar surface area (TPSA) is 139 Å². The highest BCUT2D eigenvalue weighted by Crippen LogP contribution is 2.37. The van der Waals surface area contributed by atoms with E-state index in [1.54, 1.807) is 62.6 Å². The summed E-state index contributed by atoms with van der Waals surface area (Å²) in [6.45, 7) is 2.03. The van der Waals surface area contributed by atoms with Crippen LogP contribution >= 0.6 is 0 Å². The first-order valence-electron chi connectivity index (χ1n) is 13.2. The zero-order chi connectivity index (χ0) is 28.2. The minimum Gasteiger partial charge on any atom is -0.497 e. The second-order valence-electron chi connectivity index (χ2n) is 9.53. The molecule has 0 saturated heterocycles. The minimum absolute atomic E-state index is 0.0339. The molecule has 1 aliphatic carbocycles. The van der Waals surface area contributed by atoms with E-state index in [9.17, 15) is 19.2 Å². The normalized spacial score (nSPS) is 14.8. The first-order chi connectivity index (χ1) is 19.4. The summed E-state index contributed by atoms with van der Waals surface area (Å²) in [7, 11) is 1.57. The van der Waals surface area contributed by atoms with Crippen LogP contribution in [0, 0.1) is 0 Å². The zero-order valence-electron chi connectivity index (χ0n) is 22.3. The van der Waals surface area contributed by atoms with Crippen molar-refractivity contribution in [3.63, 3.8) is 0 Å². The number of benzene rings is 2. The summed E-state index contributed by atoms with van der Waals surface area (Å²) >= 11 is 0. The van der Waals surface area contributed by atoms with Gasteiger partial charge in [-0.05, 0) is 80.3 Å². The van der Waals surface area contributed by atoms with E-state index in [0.29, 0.717) is 58.0 Å². The number of amides is 3. The second kappa shape index (κ2) is 11.5. The third kappa shape index (κ3) is 5.61. The number of hydrogen-bond acceptors (Lipinski definition) is 6. The number of ether oxygens (including phenoxy) is 2. The molecule has 5 rings (SSSR count). The SMILES string of the molecule is CCOC(=O)CCc1c(/C=C2\C(=O)Nc3ccc(NC(=O)Nc4ccc(OC)cc4)cc32)[nH]c2c1C(=O)CCC2. The van der Waals surface area contributed by atoms with E-state index in [4.69, 9.17) is 9.47 Å². The van der Waals surface area contributed by atoms with Gasteiger partial charge in [-0.25, -0.2) is 4.79 Å². The number of carbonyl (C=O) groups excluding carboxylic acids is 4. The molecule has 1 aliphatic heterocycles. The van der Waals surface area contributed by atoms with E-state index in [1.807, 2.05) is 0 Å². The number of rotatable bonds is 8. The van der Waals surface area contributed by atoms with Crippen molar-refractivity contribution in [2.75, 3.05) is 29.7 Å². The van der Waals surface area contributed by atoms with E-state index in [-0.39, 0.29) is 30.7 Å². The number of Topliss-reactive ketones (excluding diaryl/α,β-unsaturated/α-hetero) is 1. The molecule has 2 heterocycles. The standard InChI is InChI=1S/C30H30N4O6/c1-3-40-27(36)14-12-20-25(33-24-5-4-6-26(35)28(20)24)16-22-21-15-18(9-13-23(21)34-29(22)37)32-30(38)31-17-7-10-19(39-2)11-8-17/h7-11,13,15-16,33H,3-6,12,14H2,1-2H3,(H,34,37)(H2,31,32,38)/b22-16-. The Hall–Kier alpha value is -4.86. The van der Waals surface area contributed by atoms with Gasteiger partial charge < -0.3 is 30.4 Å². The van der Waals surface area contributed by atoms with E-state index in [0.717, 1.165) is 24.1 Å². The maximum Gasteiger partial charge on any atom is 0.323 e. The molecular formula is C30H30N4O6. The Morgan fingerprint density at radius 2 is 1.77 bits per heavy atom. The number of methoxy groups -OCH3 is 1. The van der Waals surface area contributed by atoms with Crippen molar-refractivity contribution >= 4 is 52.4 Å². The molecule has 10 heteroatoms. The van der Waals surface area contributed by atoms with Crippen molar-refractivity contribution in [2.45, 2.75) is 39.0 Å². The molecule has 40 heavy (non-hydrogen) atoms. The maximum atomic E-state index is 13.0. The number of aryl methyl sites for hydroxylation is 1. The van der Waals surface area contributed by atoms with Gasteiger partial charge in [0.25, 0.3) is 5.91 Å². The second-order valence-corrected chi connectivity index (χ2v) is 9.53. The Labute approximate surface area is 231 Å². The average Bonchev–Trinajstić information content (AvgIpc) is 3.45. The Balaban J connectivity index is 1.41.